The highest BCUT2D eigenvalue weighted by Gasteiger charge is 2.25. The van der Waals surface area contributed by atoms with Crippen molar-refractivity contribution in [1.29, 1.82) is 0 Å². The van der Waals surface area contributed by atoms with Gasteiger partial charge in [-0.2, -0.15) is 0 Å². The molecule has 1 N–H and O–H groups in total. The first-order valence-electron chi connectivity index (χ1n) is 13.1. The lowest BCUT2D eigenvalue weighted by Gasteiger charge is -2.34. The van der Waals surface area contributed by atoms with Crippen molar-refractivity contribution in [1.82, 2.24) is 19.8 Å². The molecule has 0 bridgehead atoms. The summed E-state index contributed by atoms with van der Waals surface area (Å²) >= 11 is 5.97. The van der Waals surface area contributed by atoms with Crippen molar-refractivity contribution in [3.63, 3.8) is 0 Å². The normalized spacial score (nSPS) is 12.9. The van der Waals surface area contributed by atoms with Gasteiger partial charge in [-0.15, -0.1) is 0 Å². The molecule has 2 amide bonds. The smallest absolute Gasteiger partial charge is 0.251 e. The number of para-hydroxylation sites is 2. The highest BCUT2D eigenvalue weighted by atomic mass is 35.5. The number of amides is 2. The summed E-state index contributed by atoms with van der Waals surface area (Å²) in [6, 6.07) is 15.4. The molecule has 0 aliphatic rings. The molecule has 194 valence electrons. The van der Waals surface area contributed by atoms with Crippen molar-refractivity contribution in [2.45, 2.75) is 84.8 Å². The van der Waals surface area contributed by atoms with Gasteiger partial charge in [-0.1, -0.05) is 50.1 Å². The van der Waals surface area contributed by atoms with Crippen LogP contribution in [-0.2, 0) is 17.8 Å². The standard InChI is InChI=1S/C29H39ClN4O2/c1-5-21(3)34(22(4)6-2)28(35)20-33-26-16-10-9-15-25(26)32-27(33)17-8-7-11-18-31-29(36)23-13-12-14-24(30)19-23/h9-10,12-16,19,21-22H,5-8,11,17-18,20H2,1-4H3,(H,31,36). The number of rotatable bonds is 13. The zero-order valence-corrected chi connectivity index (χ0v) is 22.7. The predicted molar refractivity (Wildman–Crippen MR) is 147 cm³/mol. The number of nitrogens with one attached hydrogen (secondary N) is 1. The van der Waals surface area contributed by atoms with E-state index in [-0.39, 0.29) is 23.9 Å². The Labute approximate surface area is 220 Å². The van der Waals surface area contributed by atoms with E-state index in [0.717, 1.165) is 55.4 Å². The monoisotopic (exact) mass is 510 g/mol. The first-order chi connectivity index (χ1) is 17.3. The van der Waals surface area contributed by atoms with Crippen molar-refractivity contribution >= 4 is 34.4 Å². The number of fused-ring (bicyclic) bond motifs is 1. The SMILES string of the molecule is CCC(C)N(C(=O)Cn1c(CCCCCNC(=O)c2cccc(Cl)c2)nc2ccccc21)C(C)CC. The Balaban J connectivity index is 1.60. The van der Waals surface area contributed by atoms with Crippen LogP contribution in [0.2, 0.25) is 5.02 Å². The van der Waals surface area contributed by atoms with Crippen LogP contribution in [0.3, 0.4) is 0 Å². The van der Waals surface area contributed by atoms with Crippen LogP contribution in [0.15, 0.2) is 48.5 Å². The van der Waals surface area contributed by atoms with Crippen molar-refractivity contribution in [3.05, 3.63) is 64.9 Å². The Bertz CT molecular complexity index is 1150. The highest BCUT2D eigenvalue weighted by Crippen LogP contribution is 2.20. The Morgan fingerprint density at radius 2 is 1.72 bits per heavy atom. The Morgan fingerprint density at radius 1 is 1.00 bits per heavy atom. The molecule has 3 aromatic rings. The molecule has 0 aliphatic heterocycles. The van der Waals surface area contributed by atoms with Crippen LogP contribution in [-0.4, -0.2) is 44.9 Å². The number of aromatic nitrogens is 2. The first-order valence-corrected chi connectivity index (χ1v) is 13.5. The first kappa shape index (κ1) is 27.7. The van der Waals surface area contributed by atoms with Gasteiger partial charge in [-0.3, -0.25) is 9.59 Å². The Kier molecular flexibility index (Phi) is 10.4. The molecule has 0 spiro atoms. The lowest BCUT2D eigenvalue weighted by Crippen LogP contribution is -2.45. The number of unbranched alkanes of at least 4 members (excludes halogenated alkanes) is 2. The van der Waals surface area contributed by atoms with Gasteiger partial charge in [0.1, 0.15) is 12.4 Å². The molecule has 2 unspecified atom stereocenters. The molecule has 6 nitrogen and oxygen atoms in total. The highest BCUT2D eigenvalue weighted by molar-refractivity contribution is 6.30. The number of carbonyl (C=O) groups is 2. The van der Waals surface area contributed by atoms with Crippen molar-refractivity contribution < 1.29 is 9.59 Å². The molecule has 1 aromatic heterocycles. The lowest BCUT2D eigenvalue weighted by molar-refractivity contribution is -0.136. The minimum absolute atomic E-state index is 0.107. The van der Waals surface area contributed by atoms with Gasteiger partial charge < -0.3 is 14.8 Å². The fourth-order valence-electron chi connectivity index (χ4n) is 4.55. The number of nitrogens with zero attached hydrogens (tertiary/aromatic N) is 3. The molecular weight excluding hydrogens is 472 g/mol. The minimum Gasteiger partial charge on any atom is -0.352 e. The van der Waals surface area contributed by atoms with Crippen molar-refractivity contribution in [3.8, 4) is 0 Å². The number of hydrogen-bond donors (Lipinski definition) is 1. The maximum Gasteiger partial charge on any atom is 0.251 e. The molecule has 2 atom stereocenters. The van der Waals surface area contributed by atoms with Crippen LogP contribution in [0.25, 0.3) is 11.0 Å². The summed E-state index contributed by atoms with van der Waals surface area (Å²) in [5, 5.41) is 3.52. The molecule has 0 radical (unpaired) electrons. The second-order valence-corrected chi connectivity index (χ2v) is 9.93. The zero-order valence-electron chi connectivity index (χ0n) is 22.0. The number of hydrogen-bond acceptors (Lipinski definition) is 3. The third kappa shape index (κ3) is 7.10. The largest absolute Gasteiger partial charge is 0.352 e. The van der Waals surface area contributed by atoms with Crippen LogP contribution in [0, 0.1) is 0 Å². The molecule has 0 fully saturated rings. The van der Waals surface area contributed by atoms with Gasteiger partial charge in [-0.05, 0) is 69.9 Å². The summed E-state index contributed by atoms with van der Waals surface area (Å²) in [6.45, 7) is 9.43. The van der Waals surface area contributed by atoms with E-state index in [0.29, 0.717) is 23.7 Å². The summed E-state index contributed by atoms with van der Waals surface area (Å²) in [7, 11) is 0. The summed E-state index contributed by atoms with van der Waals surface area (Å²) in [6.07, 6.45) is 5.42. The summed E-state index contributed by atoms with van der Waals surface area (Å²) < 4.78 is 2.09. The third-order valence-electron chi connectivity index (χ3n) is 6.90. The Morgan fingerprint density at radius 3 is 2.42 bits per heavy atom. The summed E-state index contributed by atoms with van der Waals surface area (Å²) in [5.41, 5.74) is 2.50. The fourth-order valence-corrected chi connectivity index (χ4v) is 4.74. The van der Waals surface area contributed by atoms with Crippen LogP contribution >= 0.6 is 11.6 Å². The maximum atomic E-state index is 13.5. The van der Waals surface area contributed by atoms with E-state index in [1.165, 1.54) is 0 Å². The molecule has 2 aromatic carbocycles. The van der Waals surface area contributed by atoms with Gasteiger partial charge >= 0.3 is 0 Å². The van der Waals surface area contributed by atoms with Crippen LogP contribution in [0.1, 0.15) is 76.0 Å². The van der Waals surface area contributed by atoms with E-state index in [9.17, 15) is 9.59 Å². The average molecular weight is 511 g/mol. The topological polar surface area (TPSA) is 67.2 Å². The van der Waals surface area contributed by atoms with Crippen LogP contribution < -0.4 is 5.32 Å². The fraction of sp³-hybridized carbons (Fsp3) is 0.483. The van der Waals surface area contributed by atoms with Gasteiger partial charge in [0, 0.05) is 35.6 Å². The number of benzene rings is 2. The summed E-state index contributed by atoms with van der Waals surface area (Å²) in [4.78, 5) is 32.6. The minimum atomic E-state index is -0.107. The van der Waals surface area contributed by atoms with Crippen molar-refractivity contribution in [2.75, 3.05) is 6.54 Å². The molecule has 1 heterocycles. The van der Waals surface area contributed by atoms with Gasteiger partial charge in [0.15, 0.2) is 0 Å². The molecule has 0 saturated carbocycles. The predicted octanol–water partition coefficient (Wildman–Crippen LogP) is 6.26. The van der Waals surface area contributed by atoms with E-state index >= 15 is 0 Å². The number of halogens is 1. The van der Waals surface area contributed by atoms with E-state index in [2.05, 4.69) is 37.6 Å². The second-order valence-electron chi connectivity index (χ2n) is 9.50. The Hall–Kier alpha value is -2.86. The third-order valence-corrected chi connectivity index (χ3v) is 7.13. The number of aryl methyl sites for hydroxylation is 1. The summed E-state index contributed by atoms with van der Waals surface area (Å²) in [5.74, 6) is 0.984. The van der Waals surface area contributed by atoms with Gasteiger partial charge in [-0.25, -0.2) is 4.98 Å². The molecule has 7 heteroatoms. The van der Waals surface area contributed by atoms with Crippen LogP contribution in [0.5, 0.6) is 0 Å². The van der Waals surface area contributed by atoms with Gasteiger partial charge in [0.25, 0.3) is 5.91 Å². The zero-order chi connectivity index (χ0) is 26.1. The van der Waals surface area contributed by atoms with E-state index in [1.54, 1.807) is 24.3 Å². The quantitative estimate of drug-likeness (QED) is 0.276. The van der Waals surface area contributed by atoms with Gasteiger partial charge in [0.2, 0.25) is 5.91 Å². The molecule has 36 heavy (non-hydrogen) atoms. The second kappa shape index (κ2) is 13.4. The van der Waals surface area contributed by atoms with Gasteiger partial charge in [0.05, 0.1) is 11.0 Å². The number of carbonyl (C=O) groups excluding carboxylic acids is 2. The van der Waals surface area contributed by atoms with E-state index in [1.807, 2.05) is 29.2 Å². The van der Waals surface area contributed by atoms with Crippen molar-refractivity contribution in [2.24, 2.45) is 0 Å². The molecule has 3 rings (SSSR count). The number of imidazole rings is 1. The maximum absolute atomic E-state index is 13.5. The average Bonchev–Trinajstić information content (AvgIpc) is 3.22. The lowest BCUT2D eigenvalue weighted by atomic mass is 10.1. The molecule has 0 aliphatic carbocycles. The van der Waals surface area contributed by atoms with Crippen LogP contribution in [0.4, 0.5) is 0 Å². The van der Waals surface area contributed by atoms with E-state index < -0.39 is 0 Å². The molecule has 0 saturated heterocycles. The van der Waals surface area contributed by atoms with E-state index in [4.69, 9.17) is 16.6 Å². The molecular formula is C29H39ClN4O2.